The van der Waals surface area contributed by atoms with Gasteiger partial charge in [-0.1, -0.05) is 0 Å². The molecule has 1 saturated heterocycles. The molecule has 0 radical (unpaired) electrons. The highest BCUT2D eigenvalue weighted by Gasteiger charge is 2.22. The van der Waals surface area contributed by atoms with Gasteiger partial charge >= 0.3 is 0 Å². The van der Waals surface area contributed by atoms with Crippen molar-refractivity contribution in [2.24, 2.45) is 0 Å². The number of nitrogens with zero attached hydrogens (tertiary/aromatic N) is 1. The van der Waals surface area contributed by atoms with E-state index in [4.69, 9.17) is 4.42 Å². The Bertz CT molecular complexity index is 424. The number of carbonyl (C=O) groups is 1. The van der Waals surface area contributed by atoms with Gasteiger partial charge in [0.15, 0.2) is 0 Å². The van der Waals surface area contributed by atoms with Crippen LogP contribution in [0.1, 0.15) is 16.1 Å². The van der Waals surface area contributed by atoms with Crippen LogP contribution in [-0.2, 0) is 16.6 Å². The number of nitrogens with one attached hydrogen (secondary N) is 1. The number of carbonyl (C=O) groups excluding carboxylic acids is 1. The molecule has 0 bridgehead atoms. The van der Waals surface area contributed by atoms with Gasteiger partial charge < -0.3 is 14.6 Å². The molecule has 1 aromatic heterocycles. The lowest BCUT2D eigenvalue weighted by molar-refractivity contribution is 0.0734. The molecule has 1 fully saturated rings. The SMILES string of the molecule is CS(=O)Cc1occc1C(=O)N1CCNCC1. The third-order valence-corrected chi connectivity index (χ3v) is 3.38. The van der Waals surface area contributed by atoms with Crippen molar-refractivity contribution in [2.75, 3.05) is 32.4 Å². The zero-order chi connectivity index (χ0) is 12.3. The van der Waals surface area contributed by atoms with E-state index in [2.05, 4.69) is 5.32 Å². The molecular formula is C11H16N2O3S. The zero-order valence-electron chi connectivity index (χ0n) is 9.77. The molecule has 2 heterocycles. The van der Waals surface area contributed by atoms with Gasteiger partial charge in [-0.05, 0) is 6.07 Å². The van der Waals surface area contributed by atoms with Gasteiger partial charge in [0.2, 0.25) is 0 Å². The highest BCUT2D eigenvalue weighted by atomic mass is 32.2. The summed E-state index contributed by atoms with van der Waals surface area (Å²) in [6.45, 7) is 3.05. The average molecular weight is 256 g/mol. The minimum absolute atomic E-state index is 0.0271. The van der Waals surface area contributed by atoms with Gasteiger partial charge in [0.05, 0.1) is 17.6 Å². The average Bonchev–Trinajstić information content (AvgIpc) is 2.76. The number of hydrogen-bond acceptors (Lipinski definition) is 4. The second kappa shape index (κ2) is 5.46. The highest BCUT2D eigenvalue weighted by Crippen LogP contribution is 2.15. The first-order valence-electron chi connectivity index (χ1n) is 5.55. The lowest BCUT2D eigenvalue weighted by Gasteiger charge is -2.27. The lowest BCUT2D eigenvalue weighted by atomic mass is 10.2. The summed E-state index contributed by atoms with van der Waals surface area (Å²) < 4.78 is 16.4. The van der Waals surface area contributed by atoms with Gasteiger partial charge in [0.1, 0.15) is 5.76 Å². The second-order valence-electron chi connectivity index (χ2n) is 4.02. The van der Waals surface area contributed by atoms with E-state index < -0.39 is 10.8 Å². The fraction of sp³-hybridized carbons (Fsp3) is 0.545. The molecular weight excluding hydrogens is 240 g/mol. The summed E-state index contributed by atoms with van der Waals surface area (Å²) in [5.74, 6) is 0.787. The Hall–Kier alpha value is -1.14. The highest BCUT2D eigenvalue weighted by molar-refractivity contribution is 7.83. The van der Waals surface area contributed by atoms with Crippen molar-refractivity contribution in [1.29, 1.82) is 0 Å². The molecule has 0 spiro atoms. The molecule has 1 atom stereocenters. The minimum Gasteiger partial charge on any atom is -0.468 e. The largest absolute Gasteiger partial charge is 0.468 e. The number of amides is 1. The summed E-state index contributed by atoms with van der Waals surface area (Å²) in [7, 11) is -1.00. The molecule has 0 aliphatic carbocycles. The Morgan fingerprint density at radius 2 is 2.24 bits per heavy atom. The van der Waals surface area contributed by atoms with Crippen LogP contribution in [0.4, 0.5) is 0 Å². The maximum absolute atomic E-state index is 12.2. The van der Waals surface area contributed by atoms with Crippen molar-refractivity contribution in [2.45, 2.75) is 5.75 Å². The molecule has 1 amide bonds. The van der Waals surface area contributed by atoms with Crippen LogP contribution in [0.5, 0.6) is 0 Å². The van der Waals surface area contributed by atoms with Gasteiger partial charge in [0.25, 0.3) is 5.91 Å². The molecule has 1 aliphatic heterocycles. The van der Waals surface area contributed by atoms with Gasteiger partial charge in [-0.25, -0.2) is 0 Å². The van der Waals surface area contributed by atoms with E-state index in [-0.39, 0.29) is 5.91 Å². The first kappa shape index (κ1) is 12.3. The molecule has 1 unspecified atom stereocenters. The number of piperazine rings is 1. The summed E-state index contributed by atoms with van der Waals surface area (Å²) >= 11 is 0. The topological polar surface area (TPSA) is 62.6 Å². The maximum Gasteiger partial charge on any atom is 0.257 e. The molecule has 94 valence electrons. The van der Waals surface area contributed by atoms with E-state index in [0.29, 0.717) is 30.2 Å². The van der Waals surface area contributed by atoms with Crippen molar-refractivity contribution in [3.8, 4) is 0 Å². The summed E-state index contributed by atoms with van der Waals surface area (Å²) in [5, 5.41) is 3.20. The Morgan fingerprint density at radius 1 is 1.53 bits per heavy atom. The lowest BCUT2D eigenvalue weighted by Crippen LogP contribution is -2.46. The smallest absolute Gasteiger partial charge is 0.257 e. The van der Waals surface area contributed by atoms with Crippen LogP contribution in [0.2, 0.25) is 0 Å². The van der Waals surface area contributed by atoms with E-state index >= 15 is 0 Å². The first-order chi connectivity index (χ1) is 8.18. The maximum atomic E-state index is 12.2. The zero-order valence-corrected chi connectivity index (χ0v) is 10.6. The van der Waals surface area contributed by atoms with E-state index in [1.54, 1.807) is 17.2 Å². The van der Waals surface area contributed by atoms with Crippen molar-refractivity contribution < 1.29 is 13.4 Å². The third kappa shape index (κ3) is 2.95. The van der Waals surface area contributed by atoms with Gasteiger partial charge in [-0.15, -0.1) is 0 Å². The first-order valence-corrected chi connectivity index (χ1v) is 7.27. The predicted molar refractivity (Wildman–Crippen MR) is 65.3 cm³/mol. The van der Waals surface area contributed by atoms with Crippen LogP contribution in [-0.4, -0.2) is 47.5 Å². The minimum atomic E-state index is -1.00. The number of hydrogen-bond donors (Lipinski definition) is 1. The second-order valence-corrected chi connectivity index (χ2v) is 5.45. The molecule has 1 N–H and O–H groups in total. The Morgan fingerprint density at radius 3 is 2.88 bits per heavy atom. The fourth-order valence-electron chi connectivity index (χ4n) is 1.87. The summed E-state index contributed by atoms with van der Waals surface area (Å²) in [5.41, 5.74) is 0.544. The summed E-state index contributed by atoms with van der Waals surface area (Å²) in [6.07, 6.45) is 3.08. The molecule has 2 rings (SSSR count). The van der Waals surface area contributed by atoms with E-state index in [0.717, 1.165) is 13.1 Å². The van der Waals surface area contributed by atoms with E-state index in [9.17, 15) is 9.00 Å². The molecule has 0 aromatic carbocycles. The van der Waals surface area contributed by atoms with Crippen LogP contribution in [0.15, 0.2) is 16.7 Å². The van der Waals surface area contributed by atoms with Crippen molar-refractivity contribution in [3.63, 3.8) is 0 Å². The summed E-state index contributed by atoms with van der Waals surface area (Å²) in [4.78, 5) is 14.0. The van der Waals surface area contributed by atoms with Crippen LogP contribution in [0.25, 0.3) is 0 Å². The van der Waals surface area contributed by atoms with Crippen LogP contribution in [0.3, 0.4) is 0 Å². The van der Waals surface area contributed by atoms with Crippen LogP contribution >= 0.6 is 0 Å². The standard InChI is InChI=1S/C11H16N2O3S/c1-17(15)8-10-9(2-7-16-10)11(14)13-5-3-12-4-6-13/h2,7,12H,3-6,8H2,1H3. The molecule has 17 heavy (non-hydrogen) atoms. The van der Waals surface area contributed by atoms with Gasteiger partial charge in [0, 0.05) is 43.2 Å². The number of furan rings is 1. The molecule has 1 aliphatic rings. The van der Waals surface area contributed by atoms with Gasteiger partial charge in [-0.3, -0.25) is 9.00 Å². The third-order valence-electron chi connectivity index (χ3n) is 2.71. The van der Waals surface area contributed by atoms with Gasteiger partial charge in [-0.2, -0.15) is 0 Å². The summed E-state index contributed by atoms with van der Waals surface area (Å²) in [6, 6.07) is 1.66. The van der Waals surface area contributed by atoms with Crippen LogP contribution < -0.4 is 5.32 Å². The monoisotopic (exact) mass is 256 g/mol. The fourth-order valence-corrected chi connectivity index (χ4v) is 2.46. The van der Waals surface area contributed by atoms with E-state index in [1.165, 1.54) is 6.26 Å². The molecule has 0 saturated carbocycles. The Balaban J connectivity index is 2.12. The molecule has 6 heteroatoms. The normalized spacial score (nSPS) is 18.1. The predicted octanol–water partition coefficient (Wildman–Crippen LogP) is 0.204. The Labute approximate surface area is 103 Å². The van der Waals surface area contributed by atoms with Crippen molar-refractivity contribution in [1.82, 2.24) is 10.2 Å². The molecule has 1 aromatic rings. The molecule has 5 nitrogen and oxygen atoms in total. The Kier molecular flexibility index (Phi) is 3.96. The number of rotatable bonds is 3. The quantitative estimate of drug-likeness (QED) is 0.839. The van der Waals surface area contributed by atoms with Crippen LogP contribution in [0, 0.1) is 0 Å². The van der Waals surface area contributed by atoms with Crippen molar-refractivity contribution >= 4 is 16.7 Å². The van der Waals surface area contributed by atoms with Crippen molar-refractivity contribution in [3.05, 3.63) is 23.7 Å². The van der Waals surface area contributed by atoms with E-state index in [1.807, 2.05) is 0 Å².